The lowest BCUT2D eigenvalue weighted by atomic mass is 9.96. The maximum Gasteiger partial charge on any atom is 0.251 e. The number of benzene rings is 1. The number of nitrogens with one attached hydrogen (secondary N) is 2. The van der Waals surface area contributed by atoms with Crippen molar-refractivity contribution in [3.63, 3.8) is 0 Å². The maximum atomic E-state index is 12.2. The summed E-state index contributed by atoms with van der Waals surface area (Å²) < 4.78 is 5.30. The molecule has 9 heteroatoms. The first-order valence-corrected chi connectivity index (χ1v) is 9.21. The summed E-state index contributed by atoms with van der Waals surface area (Å²) in [7, 11) is 0. The Kier molecular flexibility index (Phi) is 12.3. The fourth-order valence-corrected chi connectivity index (χ4v) is 2.87. The highest BCUT2D eigenvalue weighted by Gasteiger charge is 2.27. The van der Waals surface area contributed by atoms with Gasteiger partial charge in [-0.1, -0.05) is 13.3 Å². The largest absolute Gasteiger partial charge is 0.379 e. The molecule has 1 aliphatic heterocycles. The molecule has 0 saturated carbocycles. The van der Waals surface area contributed by atoms with Crippen LogP contribution in [0.1, 0.15) is 37.0 Å². The average molecular weight is 435 g/mol. The van der Waals surface area contributed by atoms with Gasteiger partial charge in [0.25, 0.3) is 5.91 Å². The molecule has 2 amide bonds. The molecule has 1 saturated heterocycles. The molecule has 28 heavy (non-hydrogen) atoms. The highest BCUT2D eigenvalue weighted by Crippen LogP contribution is 2.15. The lowest BCUT2D eigenvalue weighted by molar-refractivity contribution is -0.120. The lowest BCUT2D eigenvalue weighted by Gasteiger charge is -2.26. The third-order valence-corrected chi connectivity index (χ3v) is 4.51. The van der Waals surface area contributed by atoms with Gasteiger partial charge in [-0.25, -0.2) is 0 Å². The first kappa shape index (κ1) is 26.6. The Morgan fingerprint density at radius 2 is 1.79 bits per heavy atom. The predicted molar refractivity (Wildman–Crippen MR) is 117 cm³/mol. The predicted octanol–water partition coefficient (Wildman–Crippen LogP) is 2.05. The fraction of sp³-hybridized carbons (Fsp3) is 0.579. The van der Waals surface area contributed by atoms with Crippen molar-refractivity contribution in [1.29, 1.82) is 0 Å². The summed E-state index contributed by atoms with van der Waals surface area (Å²) in [5.74, 6) is -0.340. The number of carbonyl (C=O) groups is 2. The number of hydrogen-bond acceptors (Lipinski definition) is 5. The minimum atomic E-state index is -0.899. The number of ether oxygens (including phenoxy) is 1. The van der Waals surface area contributed by atoms with Crippen LogP contribution in [0.4, 0.5) is 5.69 Å². The van der Waals surface area contributed by atoms with Gasteiger partial charge in [0.05, 0.1) is 18.8 Å². The van der Waals surface area contributed by atoms with Crippen molar-refractivity contribution >= 4 is 42.3 Å². The van der Waals surface area contributed by atoms with E-state index in [1.54, 1.807) is 31.2 Å². The molecule has 0 aliphatic carbocycles. The Hall–Kier alpha value is -1.38. The summed E-state index contributed by atoms with van der Waals surface area (Å²) in [5, 5.41) is 5.72. The van der Waals surface area contributed by atoms with Gasteiger partial charge in [0.15, 0.2) is 0 Å². The van der Waals surface area contributed by atoms with Crippen molar-refractivity contribution in [1.82, 2.24) is 10.2 Å². The quantitative estimate of drug-likeness (QED) is 0.581. The Bertz CT molecular complexity index is 606. The third kappa shape index (κ3) is 8.32. The lowest BCUT2D eigenvalue weighted by Crippen LogP contribution is -2.48. The zero-order chi connectivity index (χ0) is 19.0. The minimum Gasteiger partial charge on any atom is -0.379 e. The molecule has 2 rings (SSSR count). The molecule has 0 aromatic heterocycles. The van der Waals surface area contributed by atoms with E-state index in [-0.39, 0.29) is 36.6 Å². The van der Waals surface area contributed by atoms with E-state index < -0.39 is 5.54 Å². The van der Waals surface area contributed by atoms with Crippen molar-refractivity contribution in [3.05, 3.63) is 29.8 Å². The average Bonchev–Trinajstić information content (AvgIpc) is 2.63. The van der Waals surface area contributed by atoms with E-state index in [4.69, 9.17) is 10.5 Å². The Balaban J connectivity index is 0.00000364. The van der Waals surface area contributed by atoms with Crippen molar-refractivity contribution in [3.8, 4) is 0 Å². The van der Waals surface area contributed by atoms with E-state index in [0.29, 0.717) is 24.2 Å². The Morgan fingerprint density at radius 3 is 2.36 bits per heavy atom. The number of rotatable bonds is 8. The van der Waals surface area contributed by atoms with Gasteiger partial charge in [-0.2, -0.15) is 0 Å². The smallest absolute Gasteiger partial charge is 0.251 e. The van der Waals surface area contributed by atoms with E-state index >= 15 is 0 Å². The van der Waals surface area contributed by atoms with E-state index in [0.717, 1.165) is 39.3 Å². The van der Waals surface area contributed by atoms with Crippen molar-refractivity contribution in [2.75, 3.05) is 44.7 Å². The Labute approximate surface area is 179 Å². The number of anilines is 1. The molecule has 1 heterocycles. The zero-order valence-electron chi connectivity index (χ0n) is 16.5. The van der Waals surface area contributed by atoms with Crippen molar-refractivity contribution in [2.24, 2.45) is 5.73 Å². The molecule has 0 bridgehead atoms. The minimum absolute atomic E-state index is 0. The van der Waals surface area contributed by atoms with Crippen molar-refractivity contribution in [2.45, 2.75) is 32.2 Å². The molecule has 7 nitrogen and oxygen atoms in total. The van der Waals surface area contributed by atoms with Gasteiger partial charge < -0.3 is 21.1 Å². The van der Waals surface area contributed by atoms with Crippen LogP contribution in [0.15, 0.2) is 24.3 Å². The molecule has 4 N–H and O–H groups in total. The molecule has 160 valence electrons. The molecule has 1 aromatic rings. The van der Waals surface area contributed by atoms with Crippen LogP contribution < -0.4 is 16.4 Å². The number of halogens is 2. The van der Waals surface area contributed by atoms with Crippen LogP contribution >= 0.6 is 24.8 Å². The van der Waals surface area contributed by atoms with Crippen LogP contribution in [-0.4, -0.2) is 61.6 Å². The molecule has 1 aromatic carbocycles. The molecule has 1 unspecified atom stereocenters. The van der Waals surface area contributed by atoms with E-state index in [1.165, 1.54) is 0 Å². The number of morpholine rings is 1. The molecule has 1 atom stereocenters. The van der Waals surface area contributed by atoms with Gasteiger partial charge in [-0.15, -0.1) is 24.8 Å². The van der Waals surface area contributed by atoms with Crippen LogP contribution in [0.25, 0.3) is 0 Å². The van der Waals surface area contributed by atoms with Crippen LogP contribution in [0, 0.1) is 0 Å². The van der Waals surface area contributed by atoms with Crippen LogP contribution in [-0.2, 0) is 9.53 Å². The highest BCUT2D eigenvalue weighted by molar-refractivity contribution is 5.98. The van der Waals surface area contributed by atoms with Gasteiger partial charge in [0.2, 0.25) is 5.91 Å². The number of amides is 2. The molecular weight excluding hydrogens is 403 g/mol. The molecule has 0 radical (unpaired) electrons. The summed E-state index contributed by atoms with van der Waals surface area (Å²) in [6, 6.07) is 6.84. The molecular formula is C19H32Cl2N4O3. The third-order valence-electron chi connectivity index (χ3n) is 4.51. The summed E-state index contributed by atoms with van der Waals surface area (Å²) in [5.41, 5.74) is 6.32. The summed E-state index contributed by atoms with van der Waals surface area (Å²) in [6.07, 6.45) is 1.45. The van der Waals surface area contributed by atoms with Crippen LogP contribution in [0.2, 0.25) is 0 Å². The number of nitrogens with two attached hydrogens (primary N) is 1. The molecule has 1 aliphatic rings. The fourth-order valence-electron chi connectivity index (χ4n) is 2.87. The second-order valence-corrected chi connectivity index (χ2v) is 6.91. The van der Waals surface area contributed by atoms with Crippen molar-refractivity contribution < 1.29 is 14.3 Å². The monoisotopic (exact) mass is 434 g/mol. The number of hydrogen-bond donors (Lipinski definition) is 3. The highest BCUT2D eigenvalue weighted by atomic mass is 35.5. The van der Waals surface area contributed by atoms with Gasteiger partial charge in [0.1, 0.15) is 0 Å². The number of carbonyl (C=O) groups excluding carboxylic acids is 2. The van der Waals surface area contributed by atoms with Gasteiger partial charge in [0, 0.05) is 37.4 Å². The summed E-state index contributed by atoms with van der Waals surface area (Å²) >= 11 is 0. The van der Waals surface area contributed by atoms with Gasteiger partial charge >= 0.3 is 0 Å². The van der Waals surface area contributed by atoms with E-state index in [1.807, 2.05) is 6.92 Å². The summed E-state index contributed by atoms with van der Waals surface area (Å²) in [4.78, 5) is 26.7. The first-order chi connectivity index (χ1) is 12.4. The maximum absolute atomic E-state index is 12.2. The topological polar surface area (TPSA) is 96.7 Å². The molecule has 1 fully saturated rings. The standard InChI is InChI=1S/C19H30N4O3.2ClH/c1-3-8-19(2,20)18(25)22-16-6-4-15(5-7-16)17(24)21-9-10-23-11-13-26-14-12-23;;/h4-7H,3,8-14,20H2,1-2H3,(H,21,24)(H,22,25);2*1H. The summed E-state index contributed by atoms with van der Waals surface area (Å²) in [6.45, 7) is 8.44. The number of nitrogens with zero attached hydrogens (tertiary/aromatic N) is 1. The second-order valence-electron chi connectivity index (χ2n) is 6.91. The molecule has 0 spiro atoms. The second kappa shape index (κ2) is 13.0. The van der Waals surface area contributed by atoms with Crippen LogP contribution in [0.3, 0.4) is 0 Å². The van der Waals surface area contributed by atoms with Crippen LogP contribution in [0.5, 0.6) is 0 Å². The van der Waals surface area contributed by atoms with E-state index in [9.17, 15) is 9.59 Å². The normalized spacial score (nSPS) is 16.1. The van der Waals surface area contributed by atoms with E-state index in [2.05, 4.69) is 15.5 Å². The SMILES string of the molecule is CCCC(C)(N)C(=O)Nc1ccc(C(=O)NCCN2CCOCC2)cc1.Cl.Cl. The van der Waals surface area contributed by atoms with Gasteiger partial charge in [-0.05, 0) is 37.6 Å². The Morgan fingerprint density at radius 1 is 1.18 bits per heavy atom. The zero-order valence-corrected chi connectivity index (χ0v) is 18.2. The van der Waals surface area contributed by atoms with Gasteiger partial charge in [-0.3, -0.25) is 14.5 Å². The first-order valence-electron chi connectivity index (χ1n) is 9.21.